The van der Waals surface area contributed by atoms with Crippen molar-refractivity contribution in [1.29, 1.82) is 0 Å². The van der Waals surface area contributed by atoms with Crippen molar-refractivity contribution in [3.63, 3.8) is 0 Å². The third-order valence-electron chi connectivity index (χ3n) is 7.25. The van der Waals surface area contributed by atoms with E-state index in [-0.39, 0.29) is 21.1 Å². The Morgan fingerprint density at radius 3 is 2.54 bits per heavy atom. The van der Waals surface area contributed by atoms with Gasteiger partial charge in [0.2, 0.25) is 5.95 Å². The number of halogens is 3. The smallest absolute Gasteiger partial charge is 0.434 e. The molecule has 2 fully saturated rings. The van der Waals surface area contributed by atoms with Gasteiger partial charge in [-0.05, 0) is 45.4 Å². The third kappa shape index (κ3) is 5.27. The summed E-state index contributed by atoms with van der Waals surface area (Å²) in [6.07, 6.45) is 7.94. The van der Waals surface area contributed by atoms with E-state index in [1.165, 1.54) is 12.8 Å². The first-order chi connectivity index (χ1) is 17.5. The maximum atomic E-state index is 13.5. The molecule has 13 heteroatoms. The normalized spacial score (nSPS) is 21.2. The first kappa shape index (κ1) is 26.5. The topological polar surface area (TPSA) is 94.3 Å². The Morgan fingerprint density at radius 2 is 1.84 bits per heavy atom. The highest BCUT2D eigenvalue weighted by Crippen LogP contribution is 2.47. The second-order valence-electron chi connectivity index (χ2n) is 10.7. The summed E-state index contributed by atoms with van der Waals surface area (Å²) in [5, 5.41) is 0. The zero-order valence-electron chi connectivity index (χ0n) is 21.0. The number of nitrogens with zero attached hydrogens (tertiary/aromatic N) is 6. The van der Waals surface area contributed by atoms with Gasteiger partial charge in [-0.2, -0.15) is 13.2 Å². The molecule has 2 aliphatic rings. The molecule has 2 atom stereocenters. The van der Waals surface area contributed by atoms with E-state index < -0.39 is 23.2 Å². The van der Waals surface area contributed by atoms with Crippen molar-refractivity contribution in [2.24, 2.45) is 5.41 Å². The van der Waals surface area contributed by atoms with Crippen LogP contribution < -0.4 is 9.62 Å². The Balaban J connectivity index is 1.44. The molecule has 0 aromatic carbocycles. The Labute approximate surface area is 221 Å². The fourth-order valence-electron chi connectivity index (χ4n) is 5.28. The Hall–Kier alpha value is -2.09. The van der Waals surface area contributed by atoms with Crippen LogP contribution in [0, 0.1) is 5.41 Å². The van der Waals surface area contributed by atoms with E-state index in [4.69, 9.17) is 0 Å². The van der Waals surface area contributed by atoms with Crippen LogP contribution in [0.2, 0.25) is 0 Å². The monoisotopic (exact) mass is 553 g/mol. The minimum absolute atomic E-state index is 0.0362. The van der Waals surface area contributed by atoms with E-state index in [1.54, 1.807) is 18.6 Å². The van der Waals surface area contributed by atoms with Gasteiger partial charge in [-0.3, -0.25) is 4.40 Å². The molecule has 8 nitrogen and oxygen atoms in total. The van der Waals surface area contributed by atoms with Crippen molar-refractivity contribution in [2.75, 3.05) is 18.0 Å². The summed E-state index contributed by atoms with van der Waals surface area (Å²) in [4.78, 5) is 18.8. The van der Waals surface area contributed by atoms with Gasteiger partial charge in [0.25, 0.3) is 0 Å². The minimum Gasteiger partial charge on any atom is -0.598 e. The molecule has 1 saturated heterocycles. The molecule has 5 rings (SSSR count). The zero-order chi connectivity index (χ0) is 26.4. The van der Waals surface area contributed by atoms with Crippen molar-refractivity contribution in [1.82, 2.24) is 29.1 Å². The van der Waals surface area contributed by atoms with E-state index in [2.05, 4.69) is 29.6 Å². The number of piperidine rings is 1. The lowest BCUT2D eigenvalue weighted by Gasteiger charge is -2.46. The number of imidazole rings is 1. The highest BCUT2D eigenvalue weighted by atomic mass is 32.2. The molecule has 2 unspecified atom stereocenters. The van der Waals surface area contributed by atoms with Crippen molar-refractivity contribution in [3.8, 4) is 0 Å². The molecule has 37 heavy (non-hydrogen) atoms. The summed E-state index contributed by atoms with van der Waals surface area (Å²) in [5.41, 5.74) is -0.362. The molecule has 0 bridgehead atoms. The zero-order valence-corrected chi connectivity index (χ0v) is 22.6. The number of aromatic nitrogens is 5. The molecule has 3 aromatic rings. The molecule has 3 aromatic heterocycles. The summed E-state index contributed by atoms with van der Waals surface area (Å²) < 4.78 is 58.3. The summed E-state index contributed by atoms with van der Waals surface area (Å²) >= 11 is -0.311. The summed E-state index contributed by atoms with van der Waals surface area (Å²) in [6, 6.07) is 0.0362. The van der Waals surface area contributed by atoms with E-state index in [0.717, 1.165) is 50.1 Å². The highest BCUT2D eigenvalue weighted by Gasteiger charge is 2.48. The average molecular weight is 554 g/mol. The van der Waals surface area contributed by atoms with E-state index in [0.29, 0.717) is 23.0 Å². The van der Waals surface area contributed by atoms with Crippen molar-refractivity contribution in [3.05, 3.63) is 36.8 Å². The van der Waals surface area contributed by atoms with Gasteiger partial charge in [0, 0.05) is 49.2 Å². The quantitative estimate of drug-likeness (QED) is 0.447. The number of nitrogens with one attached hydrogen (secondary N) is 1. The summed E-state index contributed by atoms with van der Waals surface area (Å²) in [6.45, 7) is 7.32. The van der Waals surface area contributed by atoms with Gasteiger partial charge in [-0.25, -0.2) is 19.9 Å². The van der Waals surface area contributed by atoms with Gasteiger partial charge in [-0.1, -0.05) is 24.6 Å². The van der Waals surface area contributed by atoms with E-state index in [9.17, 15) is 17.7 Å². The van der Waals surface area contributed by atoms with Crippen LogP contribution in [-0.4, -0.2) is 52.8 Å². The van der Waals surface area contributed by atoms with Crippen LogP contribution in [-0.2, 0) is 17.5 Å². The van der Waals surface area contributed by atoms with E-state index in [1.807, 2.05) is 25.2 Å². The Kier molecular flexibility index (Phi) is 7.09. The lowest BCUT2D eigenvalue weighted by Crippen LogP contribution is -2.60. The average Bonchev–Trinajstić information content (AvgIpc) is 3.51. The first-order valence-electron chi connectivity index (χ1n) is 12.3. The number of hydrogen-bond donors (Lipinski definition) is 1. The van der Waals surface area contributed by atoms with Crippen LogP contribution in [0.15, 0.2) is 40.9 Å². The fourth-order valence-corrected chi connectivity index (χ4v) is 7.18. The number of anilines is 1. The number of hydrogen-bond acceptors (Lipinski definition) is 8. The lowest BCUT2D eigenvalue weighted by atomic mass is 9.73. The van der Waals surface area contributed by atoms with Crippen LogP contribution in [0.1, 0.15) is 58.6 Å². The molecule has 1 saturated carbocycles. The van der Waals surface area contributed by atoms with Gasteiger partial charge in [0.1, 0.15) is 11.1 Å². The van der Waals surface area contributed by atoms with Crippen molar-refractivity contribution < 1.29 is 17.7 Å². The maximum absolute atomic E-state index is 13.5. The second-order valence-corrected chi connectivity index (χ2v) is 13.8. The molecule has 4 heterocycles. The fraction of sp³-hybridized carbons (Fsp3) is 0.583. The highest BCUT2D eigenvalue weighted by molar-refractivity contribution is 7.99. The first-order valence-corrected chi connectivity index (χ1v) is 14.2. The van der Waals surface area contributed by atoms with Gasteiger partial charge in [0.05, 0.1) is 15.8 Å². The summed E-state index contributed by atoms with van der Waals surface area (Å²) in [5.74, 6) is 0.665. The van der Waals surface area contributed by atoms with Crippen LogP contribution >= 0.6 is 11.8 Å². The SMILES string of the molecule is CC(C)(C)[S+]([O-])NC1CN(c2ncc(Sc3cncnc3C(F)(F)F)c3nccn23)CCC12CCCC2. The molecule has 1 aliphatic carbocycles. The van der Waals surface area contributed by atoms with Gasteiger partial charge in [0.15, 0.2) is 11.3 Å². The Morgan fingerprint density at radius 1 is 1.08 bits per heavy atom. The largest absolute Gasteiger partial charge is 0.598 e. The molecular weight excluding hydrogens is 523 g/mol. The minimum atomic E-state index is -4.59. The second kappa shape index (κ2) is 9.90. The molecule has 0 radical (unpaired) electrons. The van der Waals surface area contributed by atoms with Gasteiger partial charge in [-0.15, -0.1) is 4.72 Å². The van der Waals surface area contributed by atoms with Crippen LogP contribution in [0.25, 0.3) is 5.65 Å². The molecule has 1 spiro atoms. The number of alkyl halides is 3. The Bertz CT molecular complexity index is 1260. The van der Waals surface area contributed by atoms with E-state index >= 15 is 0 Å². The number of rotatable bonds is 5. The van der Waals surface area contributed by atoms with Gasteiger partial charge >= 0.3 is 6.18 Å². The third-order valence-corrected chi connectivity index (χ3v) is 9.89. The molecule has 1 aliphatic heterocycles. The van der Waals surface area contributed by atoms with Crippen LogP contribution in [0.4, 0.5) is 19.1 Å². The van der Waals surface area contributed by atoms with Gasteiger partial charge < -0.3 is 9.45 Å². The molecule has 200 valence electrons. The van der Waals surface area contributed by atoms with Crippen LogP contribution in [0.3, 0.4) is 0 Å². The molecule has 0 amide bonds. The molecule has 1 N–H and O–H groups in total. The van der Waals surface area contributed by atoms with Crippen molar-refractivity contribution >= 4 is 34.7 Å². The summed E-state index contributed by atoms with van der Waals surface area (Å²) in [7, 11) is 0. The van der Waals surface area contributed by atoms with Crippen molar-refractivity contribution in [2.45, 2.75) is 79.6 Å². The van der Waals surface area contributed by atoms with Crippen LogP contribution in [0.5, 0.6) is 0 Å². The maximum Gasteiger partial charge on any atom is 0.434 e. The molecular formula is C24H30F3N7OS2. The predicted octanol–water partition coefficient (Wildman–Crippen LogP) is 4.88. The lowest BCUT2D eigenvalue weighted by molar-refractivity contribution is -0.143. The number of fused-ring (bicyclic) bond motifs is 1. The predicted molar refractivity (Wildman–Crippen MR) is 137 cm³/mol. The standard InChI is InChI=1S/C24H30F3N7OS2/c1-22(2,3)37(35)32-18-14-33(10-8-23(18)6-4-5-7-23)21-30-13-17(20-29-9-11-34(20)21)36-16-12-28-15-31-19(16)24(25,26)27/h9,11-13,15,18,32H,4-8,10,14H2,1-3H3.